The van der Waals surface area contributed by atoms with Crippen molar-refractivity contribution in [2.24, 2.45) is 46.3 Å². The highest BCUT2D eigenvalue weighted by atomic mass is 16.7. The van der Waals surface area contributed by atoms with E-state index in [1.54, 1.807) is 6.08 Å². The Morgan fingerprint density at radius 2 is 1.71 bits per heavy atom. The molecule has 0 spiro atoms. The van der Waals surface area contributed by atoms with E-state index >= 15 is 0 Å². The lowest BCUT2D eigenvalue weighted by molar-refractivity contribution is -0.194. The number of ether oxygens (including phenoxy) is 2. The Labute approximate surface area is 226 Å². The average Bonchev–Trinajstić information content (AvgIpc) is 3.07. The molecule has 7 atom stereocenters. The maximum absolute atomic E-state index is 13.2. The molecule has 5 aliphatic rings. The first-order valence-electron chi connectivity index (χ1n) is 14.6. The van der Waals surface area contributed by atoms with E-state index in [-0.39, 0.29) is 41.3 Å². The number of hydrogen-bond acceptors (Lipinski definition) is 6. The smallest absolute Gasteiger partial charge is 0.508 e. The highest BCUT2D eigenvalue weighted by Gasteiger charge is 2.72. The summed E-state index contributed by atoms with van der Waals surface area (Å²) in [5.41, 5.74) is -2.13. The lowest BCUT2D eigenvalue weighted by Crippen LogP contribution is -2.61. The molecule has 210 valence electrons. The molecule has 5 aliphatic carbocycles. The van der Waals surface area contributed by atoms with Gasteiger partial charge in [-0.05, 0) is 100 Å². The number of aliphatic hydroxyl groups excluding tert-OH is 1. The quantitative estimate of drug-likeness (QED) is 0.395. The Morgan fingerprint density at radius 1 is 1.03 bits per heavy atom. The zero-order valence-corrected chi connectivity index (χ0v) is 23.5. The normalized spacial score (nSPS) is 44.3. The minimum atomic E-state index is -1.67. The zero-order valence-electron chi connectivity index (χ0n) is 23.5. The first-order valence-corrected chi connectivity index (χ1v) is 14.6. The summed E-state index contributed by atoms with van der Waals surface area (Å²) in [6.45, 7) is 10.3. The molecule has 0 aromatic rings. The summed E-state index contributed by atoms with van der Waals surface area (Å²) in [6, 6.07) is 0. The summed E-state index contributed by atoms with van der Waals surface area (Å²) in [6.07, 6.45) is 8.94. The van der Waals surface area contributed by atoms with Crippen LogP contribution in [0.4, 0.5) is 4.79 Å². The highest BCUT2D eigenvalue weighted by Crippen LogP contribution is 2.69. The minimum Gasteiger partial charge on any atom is -0.508 e. The van der Waals surface area contributed by atoms with Crippen molar-refractivity contribution in [3.8, 4) is 0 Å². The van der Waals surface area contributed by atoms with E-state index < -0.39 is 28.6 Å². The van der Waals surface area contributed by atoms with Crippen molar-refractivity contribution < 1.29 is 34.1 Å². The minimum absolute atomic E-state index is 0.00677. The summed E-state index contributed by atoms with van der Waals surface area (Å²) < 4.78 is 11.7. The van der Waals surface area contributed by atoms with Crippen LogP contribution in [-0.2, 0) is 19.1 Å². The molecule has 0 radical (unpaired) electrons. The monoisotopic (exact) mass is 528 g/mol. The molecule has 0 aromatic carbocycles. The number of carboxylic acid groups (broad SMARTS) is 1. The maximum atomic E-state index is 13.2. The number of carbonyl (C=O) groups excluding carboxylic acids is 2. The van der Waals surface area contributed by atoms with Gasteiger partial charge in [0.05, 0.1) is 5.41 Å². The number of fused-ring (bicyclic) bond motifs is 5. The largest absolute Gasteiger partial charge is 0.509 e. The maximum Gasteiger partial charge on any atom is 0.509 e. The summed E-state index contributed by atoms with van der Waals surface area (Å²) in [7, 11) is 0. The fourth-order valence-electron chi connectivity index (χ4n) is 9.50. The molecule has 7 heteroatoms. The lowest BCUT2D eigenvalue weighted by Gasteiger charge is -2.57. The molecular weight excluding hydrogens is 484 g/mol. The lowest BCUT2D eigenvalue weighted by atomic mass is 9.46. The number of ketones is 1. The van der Waals surface area contributed by atoms with Crippen LogP contribution in [0.5, 0.6) is 0 Å². The zero-order chi connectivity index (χ0) is 27.6. The molecule has 0 aromatic heterocycles. The third kappa shape index (κ3) is 3.85. The van der Waals surface area contributed by atoms with Gasteiger partial charge in [-0.25, -0.2) is 9.59 Å². The topological polar surface area (TPSA) is 110 Å². The molecule has 7 nitrogen and oxygen atoms in total. The Morgan fingerprint density at radius 3 is 2.34 bits per heavy atom. The fourth-order valence-corrected chi connectivity index (χ4v) is 9.50. The molecule has 0 aliphatic heterocycles. The van der Waals surface area contributed by atoms with E-state index in [0.717, 1.165) is 37.7 Å². The summed E-state index contributed by atoms with van der Waals surface area (Å²) >= 11 is 0. The van der Waals surface area contributed by atoms with Crippen LogP contribution in [0.2, 0.25) is 0 Å². The molecule has 38 heavy (non-hydrogen) atoms. The third-order valence-electron chi connectivity index (χ3n) is 11.7. The van der Waals surface area contributed by atoms with Gasteiger partial charge in [0.25, 0.3) is 0 Å². The van der Waals surface area contributed by atoms with Crippen molar-refractivity contribution in [2.45, 2.75) is 104 Å². The van der Waals surface area contributed by atoms with Gasteiger partial charge in [0.1, 0.15) is 11.9 Å². The van der Waals surface area contributed by atoms with Crippen LogP contribution in [0.25, 0.3) is 0 Å². The van der Waals surface area contributed by atoms with Crippen molar-refractivity contribution in [2.75, 3.05) is 0 Å². The van der Waals surface area contributed by atoms with Crippen molar-refractivity contribution >= 4 is 17.9 Å². The van der Waals surface area contributed by atoms with Gasteiger partial charge in [0, 0.05) is 17.4 Å². The van der Waals surface area contributed by atoms with Gasteiger partial charge in [-0.2, -0.15) is 0 Å². The van der Waals surface area contributed by atoms with Crippen LogP contribution < -0.4 is 0 Å². The molecule has 0 saturated heterocycles. The Hall–Kier alpha value is -2.31. The number of rotatable bonds is 4. The van der Waals surface area contributed by atoms with Crippen LogP contribution in [-0.4, -0.2) is 39.8 Å². The van der Waals surface area contributed by atoms with Crippen LogP contribution in [0.3, 0.4) is 0 Å². The second kappa shape index (κ2) is 9.41. The average molecular weight is 529 g/mol. The van der Waals surface area contributed by atoms with Crippen LogP contribution >= 0.6 is 0 Å². The van der Waals surface area contributed by atoms with Gasteiger partial charge < -0.3 is 19.7 Å². The van der Waals surface area contributed by atoms with E-state index in [1.807, 2.05) is 20.8 Å². The number of aliphatic hydroxyl groups is 1. The standard InChI is InChI=1S/C31H44O7/c1-17(2)19-6-9-22(10-7-19)37-28(36)38-31(27(34)35)18(3)14-25-23-11-8-20-15-21(32)16-26(33)30(20,5)24(23)12-13-29(25,31)4/h15-19,22-25,32H,6-14H2,1-5H3,(H,34,35)/t18?,19?,22?,23-,24+,25+,29+,30+,31?/m1/s1. The van der Waals surface area contributed by atoms with Gasteiger partial charge in [-0.3, -0.25) is 4.79 Å². The first kappa shape index (κ1) is 27.3. The second-order valence-electron chi connectivity index (χ2n) is 13.6. The molecule has 5 rings (SSSR count). The highest BCUT2D eigenvalue weighted by molar-refractivity contribution is 5.99. The molecule has 2 N–H and O–H groups in total. The van der Waals surface area contributed by atoms with E-state index in [0.29, 0.717) is 37.5 Å². The number of allylic oxidation sites excluding steroid dienone is 3. The first-order chi connectivity index (χ1) is 17.8. The predicted octanol–water partition coefficient (Wildman–Crippen LogP) is 6.62. The number of carboxylic acids is 1. The number of carbonyl (C=O) groups is 3. The van der Waals surface area contributed by atoms with Crippen molar-refractivity contribution in [3.63, 3.8) is 0 Å². The van der Waals surface area contributed by atoms with Gasteiger partial charge >= 0.3 is 12.1 Å². The molecule has 0 bridgehead atoms. The van der Waals surface area contributed by atoms with E-state index in [2.05, 4.69) is 13.8 Å². The van der Waals surface area contributed by atoms with Gasteiger partial charge in [-0.15, -0.1) is 0 Å². The second-order valence-corrected chi connectivity index (χ2v) is 13.6. The Kier molecular flexibility index (Phi) is 6.75. The molecule has 0 amide bonds. The fraction of sp³-hybridized carbons (Fsp3) is 0.774. The van der Waals surface area contributed by atoms with Crippen LogP contribution in [0.1, 0.15) is 92.4 Å². The third-order valence-corrected chi connectivity index (χ3v) is 11.7. The number of hydrogen-bond donors (Lipinski definition) is 2. The van der Waals surface area contributed by atoms with E-state index in [4.69, 9.17) is 9.47 Å². The predicted molar refractivity (Wildman–Crippen MR) is 141 cm³/mol. The molecule has 2 unspecified atom stereocenters. The van der Waals surface area contributed by atoms with E-state index in [9.17, 15) is 24.6 Å². The number of aliphatic carboxylic acids is 1. The summed E-state index contributed by atoms with van der Waals surface area (Å²) in [5.74, 6) is -0.0774. The van der Waals surface area contributed by atoms with Crippen LogP contribution in [0.15, 0.2) is 23.5 Å². The summed E-state index contributed by atoms with van der Waals surface area (Å²) in [5, 5.41) is 20.7. The van der Waals surface area contributed by atoms with Gasteiger partial charge in [-0.1, -0.05) is 33.3 Å². The Balaban J connectivity index is 1.37. The van der Waals surface area contributed by atoms with Crippen LogP contribution in [0, 0.1) is 46.3 Å². The van der Waals surface area contributed by atoms with Gasteiger partial charge in [0.15, 0.2) is 5.78 Å². The SMILES string of the molecule is CC(C)C1CCC(OC(=O)OC2(C(=O)O)C(C)C[C@H]3[C@@H]4CCC5=CC(O)=CC(=O)[C@]5(C)[C@H]4CC[C@@]32C)CC1. The molecular formula is C31H44O7. The summed E-state index contributed by atoms with van der Waals surface area (Å²) in [4.78, 5) is 39.4. The molecule has 4 saturated carbocycles. The van der Waals surface area contributed by atoms with Crippen molar-refractivity contribution in [1.29, 1.82) is 0 Å². The molecule has 0 heterocycles. The Bertz CT molecular complexity index is 1070. The molecule has 4 fully saturated rings. The van der Waals surface area contributed by atoms with Gasteiger partial charge in [0.2, 0.25) is 5.60 Å². The van der Waals surface area contributed by atoms with E-state index in [1.165, 1.54) is 6.08 Å². The van der Waals surface area contributed by atoms with Crippen molar-refractivity contribution in [1.82, 2.24) is 0 Å². The van der Waals surface area contributed by atoms with Crippen molar-refractivity contribution in [3.05, 3.63) is 23.5 Å².